The number of aromatic amines is 1. The molecule has 1 amide bonds. The molecule has 1 fully saturated rings. The molecule has 1 atom stereocenters. The largest absolute Gasteiger partial charge is 0.365 e. The highest BCUT2D eigenvalue weighted by Gasteiger charge is 2.29. The molecule has 0 bridgehead atoms. The van der Waals surface area contributed by atoms with Crippen LogP contribution in [0.1, 0.15) is 59.5 Å². The Morgan fingerprint density at radius 1 is 1.58 bits per heavy atom. The van der Waals surface area contributed by atoms with Gasteiger partial charge in [-0.25, -0.2) is 0 Å². The van der Waals surface area contributed by atoms with Crippen molar-refractivity contribution in [2.45, 2.75) is 38.6 Å². The lowest BCUT2D eigenvalue weighted by Gasteiger charge is -2.09. The van der Waals surface area contributed by atoms with Gasteiger partial charge >= 0.3 is 0 Å². The molecule has 6 nitrogen and oxygen atoms in total. The molecule has 0 saturated heterocycles. The van der Waals surface area contributed by atoms with Gasteiger partial charge in [0, 0.05) is 17.8 Å². The standard InChI is InChI=1S/C13H16N4O2/c1-7-10(5-6-14-7)12(18)15-8(2)13-16-11(17-19-13)9-3-4-9/h5-6,8-9,14H,3-4H2,1-2H3,(H,15,18)/t8-/m0/s1. The number of amides is 1. The Balaban J connectivity index is 1.68. The van der Waals surface area contributed by atoms with Crippen LogP contribution >= 0.6 is 0 Å². The molecule has 0 unspecified atom stereocenters. The van der Waals surface area contributed by atoms with Crippen LogP contribution in [-0.2, 0) is 0 Å². The maximum absolute atomic E-state index is 12.0. The summed E-state index contributed by atoms with van der Waals surface area (Å²) in [6.07, 6.45) is 4.00. The molecular formula is C13H16N4O2. The molecule has 1 aliphatic carbocycles. The number of aromatic nitrogens is 3. The molecular weight excluding hydrogens is 244 g/mol. The first-order chi connectivity index (χ1) is 9.15. The van der Waals surface area contributed by atoms with Crippen molar-refractivity contribution in [2.24, 2.45) is 0 Å². The van der Waals surface area contributed by atoms with E-state index in [0.29, 0.717) is 17.4 Å². The fourth-order valence-corrected chi connectivity index (χ4v) is 1.97. The normalized spacial score (nSPS) is 16.3. The van der Waals surface area contributed by atoms with E-state index in [4.69, 9.17) is 4.52 Å². The Morgan fingerprint density at radius 3 is 3.00 bits per heavy atom. The van der Waals surface area contributed by atoms with E-state index in [1.165, 1.54) is 0 Å². The van der Waals surface area contributed by atoms with Gasteiger partial charge in [0.15, 0.2) is 5.82 Å². The number of aryl methyl sites for hydroxylation is 1. The summed E-state index contributed by atoms with van der Waals surface area (Å²) >= 11 is 0. The van der Waals surface area contributed by atoms with Crippen molar-refractivity contribution in [2.75, 3.05) is 0 Å². The first-order valence-corrected chi connectivity index (χ1v) is 6.43. The van der Waals surface area contributed by atoms with Gasteiger partial charge in [0.1, 0.15) is 6.04 Å². The fraction of sp³-hybridized carbons (Fsp3) is 0.462. The summed E-state index contributed by atoms with van der Waals surface area (Å²) in [7, 11) is 0. The predicted molar refractivity (Wildman–Crippen MR) is 67.7 cm³/mol. The van der Waals surface area contributed by atoms with Crippen LogP contribution in [0.2, 0.25) is 0 Å². The third-order valence-corrected chi connectivity index (χ3v) is 3.32. The van der Waals surface area contributed by atoms with Gasteiger partial charge in [-0.1, -0.05) is 5.16 Å². The molecule has 19 heavy (non-hydrogen) atoms. The molecule has 100 valence electrons. The smallest absolute Gasteiger partial charge is 0.253 e. The fourth-order valence-electron chi connectivity index (χ4n) is 1.97. The zero-order valence-corrected chi connectivity index (χ0v) is 10.9. The van der Waals surface area contributed by atoms with Gasteiger partial charge in [0.05, 0.1) is 5.56 Å². The zero-order chi connectivity index (χ0) is 13.4. The third kappa shape index (κ3) is 2.38. The Labute approximate surface area is 110 Å². The summed E-state index contributed by atoms with van der Waals surface area (Å²) in [4.78, 5) is 19.3. The summed E-state index contributed by atoms with van der Waals surface area (Å²) < 4.78 is 5.19. The van der Waals surface area contributed by atoms with Gasteiger partial charge in [0.2, 0.25) is 5.89 Å². The minimum atomic E-state index is -0.290. The minimum Gasteiger partial charge on any atom is -0.365 e. The highest BCUT2D eigenvalue weighted by Crippen LogP contribution is 2.38. The number of hydrogen-bond donors (Lipinski definition) is 2. The number of nitrogens with one attached hydrogen (secondary N) is 2. The summed E-state index contributed by atoms with van der Waals surface area (Å²) in [6, 6.07) is 1.46. The Hall–Kier alpha value is -2.11. The van der Waals surface area contributed by atoms with Crippen molar-refractivity contribution in [3.8, 4) is 0 Å². The monoisotopic (exact) mass is 260 g/mol. The van der Waals surface area contributed by atoms with Crippen LogP contribution in [0.5, 0.6) is 0 Å². The zero-order valence-electron chi connectivity index (χ0n) is 10.9. The Morgan fingerprint density at radius 2 is 2.37 bits per heavy atom. The van der Waals surface area contributed by atoms with E-state index in [1.807, 2.05) is 13.8 Å². The molecule has 1 aliphatic rings. The van der Waals surface area contributed by atoms with E-state index in [2.05, 4.69) is 20.4 Å². The van der Waals surface area contributed by atoms with Gasteiger partial charge in [-0.3, -0.25) is 4.79 Å². The summed E-state index contributed by atoms with van der Waals surface area (Å²) in [5, 5.41) is 6.80. The van der Waals surface area contributed by atoms with E-state index in [0.717, 1.165) is 24.4 Å². The summed E-state index contributed by atoms with van der Waals surface area (Å²) in [6.45, 7) is 3.70. The maximum atomic E-state index is 12.0. The van der Waals surface area contributed by atoms with Crippen molar-refractivity contribution in [3.63, 3.8) is 0 Å². The minimum absolute atomic E-state index is 0.141. The van der Waals surface area contributed by atoms with Crippen LogP contribution in [0.15, 0.2) is 16.8 Å². The van der Waals surface area contributed by atoms with E-state index in [1.54, 1.807) is 12.3 Å². The second kappa shape index (κ2) is 4.53. The second-order valence-corrected chi connectivity index (χ2v) is 4.98. The van der Waals surface area contributed by atoms with E-state index in [-0.39, 0.29) is 11.9 Å². The average Bonchev–Trinajstić information content (AvgIpc) is 2.95. The lowest BCUT2D eigenvalue weighted by molar-refractivity contribution is 0.0932. The lowest BCUT2D eigenvalue weighted by Crippen LogP contribution is -2.27. The lowest BCUT2D eigenvalue weighted by atomic mass is 10.2. The van der Waals surface area contributed by atoms with Crippen molar-refractivity contribution in [3.05, 3.63) is 35.2 Å². The second-order valence-electron chi connectivity index (χ2n) is 4.98. The van der Waals surface area contributed by atoms with E-state index in [9.17, 15) is 4.79 Å². The van der Waals surface area contributed by atoms with Crippen LogP contribution < -0.4 is 5.32 Å². The van der Waals surface area contributed by atoms with Crippen molar-refractivity contribution >= 4 is 5.91 Å². The molecule has 0 aliphatic heterocycles. The molecule has 0 aromatic carbocycles. The quantitative estimate of drug-likeness (QED) is 0.881. The molecule has 2 aromatic rings. The maximum Gasteiger partial charge on any atom is 0.253 e. The highest BCUT2D eigenvalue weighted by molar-refractivity contribution is 5.95. The van der Waals surface area contributed by atoms with Crippen LogP contribution in [0, 0.1) is 6.92 Å². The Bertz CT molecular complexity index is 597. The number of carbonyl (C=O) groups is 1. The molecule has 2 N–H and O–H groups in total. The predicted octanol–water partition coefficient (Wildman–Crippen LogP) is 2.07. The number of carbonyl (C=O) groups excluding carboxylic acids is 1. The molecule has 2 aromatic heterocycles. The molecule has 0 spiro atoms. The SMILES string of the molecule is Cc1[nH]ccc1C(=O)N[C@@H](C)c1nc(C2CC2)no1. The van der Waals surface area contributed by atoms with Crippen molar-refractivity contribution in [1.82, 2.24) is 20.4 Å². The van der Waals surface area contributed by atoms with Crippen molar-refractivity contribution in [1.29, 1.82) is 0 Å². The average molecular weight is 260 g/mol. The Kier molecular flexibility index (Phi) is 2.85. The first kappa shape index (κ1) is 12.0. The summed E-state index contributed by atoms with van der Waals surface area (Å²) in [5.74, 6) is 1.53. The molecule has 6 heteroatoms. The van der Waals surface area contributed by atoms with Gasteiger partial charge < -0.3 is 14.8 Å². The van der Waals surface area contributed by atoms with Crippen LogP contribution in [0.25, 0.3) is 0 Å². The number of H-pyrrole nitrogens is 1. The van der Waals surface area contributed by atoms with E-state index < -0.39 is 0 Å². The number of nitrogens with zero attached hydrogens (tertiary/aromatic N) is 2. The molecule has 3 rings (SSSR count). The van der Waals surface area contributed by atoms with E-state index >= 15 is 0 Å². The number of rotatable bonds is 4. The summed E-state index contributed by atoms with van der Waals surface area (Å²) in [5.41, 5.74) is 1.47. The van der Waals surface area contributed by atoms with Crippen LogP contribution in [0.4, 0.5) is 0 Å². The molecule has 2 heterocycles. The third-order valence-electron chi connectivity index (χ3n) is 3.32. The molecule has 1 saturated carbocycles. The van der Waals surface area contributed by atoms with Crippen LogP contribution in [0.3, 0.4) is 0 Å². The first-order valence-electron chi connectivity index (χ1n) is 6.43. The van der Waals surface area contributed by atoms with Crippen molar-refractivity contribution < 1.29 is 9.32 Å². The highest BCUT2D eigenvalue weighted by atomic mass is 16.5. The van der Waals surface area contributed by atoms with Crippen LogP contribution in [-0.4, -0.2) is 21.0 Å². The topological polar surface area (TPSA) is 83.8 Å². The van der Waals surface area contributed by atoms with Gasteiger partial charge in [0.25, 0.3) is 5.91 Å². The number of hydrogen-bond acceptors (Lipinski definition) is 4. The molecule has 0 radical (unpaired) electrons. The van der Waals surface area contributed by atoms with Gasteiger partial charge in [-0.05, 0) is 32.8 Å². The van der Waals surface area contributed by atoms with Gasteiger partial charge in [-0.15, -0.1) is 0 Å². The van der Waals surface area contributed by atoms with Gasteiger partial charge in [-0.2, -0.15) is 4.98 Å².